The molecule has 0 saturated heterocycles. The largest absolute Gasteiger partial charge is 0.286 e. The van der Waals surface area contributed by atoms with E-state index in [2.05, 4.69) is 15.0 Å². The minimum absolute atomic E-state index is 0.186. The molecule has 140 valence electrons. The summed E-state index contributed by atoms with van der Waals surface area (Å²) >= 11 is 0. The summed E-state index contributed by atoms with van der Waals surface area (Å²) in [7, 11) is 0. The Morgan fingerprint density at radius 3 is 2.38 bits per heavy atom. The number of rotatable bonds is 3. The highest BCUT2D eigenvalue weighted by Gasteiger charge is 2.20. The summed E-state index contributed by atoms with van der Waals surface area (Å²) in [6, 6.07) is 19.1. The van der Waals surface area contributed by atoms with E-state index in [0.717, 1.165) is 5.69 Å². The Bertz CT molecular complexity index is 1380. The number of nitrogens with zero attached hydrogens (tertiary/aromatic N) is 5. The second-order valence-corrected chi connectivity index (χ2v) is 6.39. The van der Waals surface area contributed by atoms with Crippen LogP contribution in [0.25, 0.3) is 33.9 Å². The average molecular weight is 383 g/mol. The molecular formula is C22H14FN5O. The molecule has 29 heavy (non-hydrogen) atoms. The summed E-state index contributed by atoms with van der Waals surface area (Å²) in [5.41, 5.74) is 1.67. The van der Waals surface area contributed by atoms with Crippen molar-refractivity contribution < 1.29 is 4.39 Å². The van der Waals surface area contributed by atoms with Gasteiger partial charge in [0.1, 0.15) is 12.1 Å². The fourth-order valence-electron chi connectivity index (χ4n) is 3.28. The van der Waals surface area contributed by atoms with Gasteiger partial charge in [0.2, 0.25) is 0 Å². The quantitative estimate of drug-likeness (QED) is 0.476. The van der Waals surface area contributed by atoms with E-state index in [1.807, 2.05) is 30.3 Å². The molecule has 0 aliphatic rings. The molecule has 2 aromatic carbocycles. The van der Waals surface area contributed by atoms with E-state index in [1.54, 1.807) is 47.4 Å². The van der Waals surface area contributed by atoms with Crippen molar-refractivity contribution in [1.82, 2.24) is 24.1 Å². The zero-order chi connectivity index (χ0) is 19.8. The third kappa shape index (κ3) is 2.80. The summed E-state index contributed by atoms with van der Waals surface area (Å²) in [6.07, 6.45) is 4.69. The number of pyridine rings is 1. The first kappa shape index (κ1) is 17.0. The van der Waals surface area contributed by atoms with Crippen LogP contribution in [0.5, 0.6) is 0 Å². The maximum Gasteiger partial charge on any atom is 0.286 e. The Hall–Kier alpha value is -4.13. The van der Waals surface area contributed by atoms with Crippen molar-refractivity contribution in [3.05, 3.63) is 102 Å². The van der Waals surface area contributed by atoms with Crippen molar-refractivity contribution in [2.75, 3.05) is 0 Å². The molecule has 0 N–H and O–H groups in total. The molecule has 0 spiro atoms. The molecule has 7 heteroatoms. The molecule has 3 heterocycles. The predicted octanol–water partition coefficient (Wildman–Crippen LogP) is 3.77. The van der Waals surface area contributed by atoms with Gasteiger partial charge in [-0.1, -0.05) is 30.3 Å². The lowest BCUT2D eigenvalue weighted by molar-refractivity contribution is 0.629. The van der Waals surface area contributed by atoms with Crippen LogP contribution in [0.4, 0.5) is 4.39 Å². The van der Waals surface area contributed by atoms with E-state index in [9.17, 15) is 9.18 Å². The van der Waals surface area contributed by atoms with Crippen LogP contribution in [-0.2, 0) is 0 Å². The van der Waals surface area contributed by atoms with Gasteiger partial charge in [0.15, 0.2) is 17.0 Å². The standard InChI is InChI=1S/C22H14FN5O/c23-18-11-5-4-10-17(18)20-26-21-19(22(29)28(20)16-9-6-12-24-13-16)25-14-27(21)15-7-2-1-3-8-15/h1-14H. The molecule has 0 radical (unpaired) electrons. The summed E-state index contributed by atoms with van der Waals surface area (Å²) in [4.78, 5) is 26.4. The second-order valence-electron chi connectivity index (χ2n) is 6.39. The van der Waals surface area contributed by atoms with E-state index in [1.165, 1.54) is 16.8 Å². The SMILES string of the molecule is O=c1c2ncn(-c3ccccc3)c2nc(-c2ccccc2F)n1-c1cccnc1. The van der Waals surface area contributed by atoms with Gasteiger partial charge in [0.05, 0.1) is 17.4 Å². The fraction of sp³-hybridized carbons (Fsp3) is 0. The number of fused-ring (bicyclic) bond motifs is 1. The monoisotopic (exact) mass is 383 g/mol. The van der Waals surface area contributed by atoms with Crippen molar-refractivity contribution in [2.45, 2.75) is 0 Å². The summed E-state index contributed by atoms with van der Waals surface area (Å²) in [6.45, 7) is 0. The molecule has 0 amide bonds. The molecule has 0 aliphatic carbocycles. The van der Waals surface area contributed by atoms with Crippen LogP contribution in [0, 0.1) is 5.82 Å². The van der Waals surface area contributed by atoms with E-state index in [0.29, 0.717) is 11.3 Å². The van der Waals surface area contributed by atoms with Gasteiger partial charge in [0, 0.05) is 11.9 Å². The number of para-hydroxylation sites is 1. The van der Waals surface area contributed by atoms with E-state index < -0.39 is 11.4 Å². The van der Waals surface area contributed by atoms with Gasteiger partial charge in [-0.2, -0.15) is 0 Å². The highest BCUT2D eigenvalue weighted by molar-refractivity contribution is 5.76. The number of halogens is 1. The highest BCUT2D eigenvalue weighted by atomic mass is 19.1. The fourth-order valence-corrected chi connectivity index (χ4v) is 3.28. The normalized spacial score (nSPS) is 11.1. The van der Waals surface area contributed by atoms with E-state index in [-0.39, 0.29) is 16.9 Å². The summed E-state index contributed by atoms with van der Waals surface area (Å²) in [5, 5.41) is 0. The molecule has 0 bridgehead atoms. The molecule has 6 nitrogen and oxygen atoms in total. The second kappa shape index (κ2) is 6.79. The molecular weight excluding hydrogens is 369 g/mol. The van der Waals surface area contributed by atoms with Gasteiger partial charge in [-0.05, 0) is 36.4 Å². The van der Waals surface area contributed by atoms with Gasteiger partial charge in [-0.15, -0.1) is 0 Å². The zero-order valence-electron chi connectivity index (χ0n) is 15.1. The smallest absolute Gasteiger partial charge is 0.283 e. The summed E-state index contributed by atoms with van der Waals surface area (Å²) < 4.78 is 17.7. The van der Waals surface area contributed by atoms with Crippen LogP contribution in [-0.4, -0.2) is 24.1 Å². The Labute approximate surface area is 164 Å². The molecule has 0 saturated carbocycles. The third-order valence-corrected chi connectivity index (χ3v) is 4.62. The van der Waals surface area contributed by atoms with Crippen LogP contribution in [0.2, 0.25) is 0 Å². The van der Waals surface area contributed by atoms with Gasteiger partial charge in [0.25, 0.3) is 5.56 Å². The van der Waals surface area contributed by atoms with Gasteiger partial charge >= 0.3 is 0 Å². The van der Waals surface area contributed by atoms with Crippen molar-refractivity contribution in [3.63, 3.8) is 0 Å². The molecule has 0 unspecified atom stereocenters. The third-order valence-electron chi connectivity index (χ3n) is 4.62. The molecule has 3 aromatic heterocycles. The molecule has 0 atom stereocenters. The van der Waals surface area contributed by atoms with Crippen molar-refractivity contribution in [2.24, 2.45) is 0 Å². The number of hydrogen-bond donors (Lipinski definition) is 0. The first-order chi connectivity index (χ1) is 14.2. The van der Waals surface area contributed by atoms with Gasteiger partial charge in [-0.3, -0.25) is 18.9 Å². The van der Waals surface area contributed by atoms with E-state index in [4.69, 9.17) is 0 Å². The zero-order valence-corrected chi connectivity index (χ0v) is 15.1. The Morgan fingerprint density at radius 2 is 1.62 bits per heavy atom. The lowest BCUT2D eigenvalue weighted by Crippen LogP contribution is -2.23. The number of benzene rings is 2. The molecule has 5 rings (SSSR count). The lowest BCUT2D eigenvalue weighted by Gasteiger charge is -2.13. The maximum absolute atomic E-state index is 14.7. The van der Waals surface area contributed by atoms with Crippen molar-refractivity contribution in [3.8, 4) is 22.8 Å². The van der Waals surface area contributed by atoms with Crippen LogP contribution in [0.15, 0.2) is 90.2 Å². The highest BCUT2D eigenvalue weighted by Crippen LogP contribution is 2.25. The summed E-state index contributed by atoms with van der Waals surface area (Å²) in [5.74, 6) is -0.284. The Morgan fingerprint density at radius 1 is 0.862 bits per heavy atom. The van der Waals surface area contributed by atoms with E-state index >= 15 is 0 Å². The minimum Gasteiger partial charge on any atom is -0.283 e. The van der Waals surface area contributed by atoms with Crippen LogP contribution >= 0.6 is 0 Å². The van der Waals surface area contributed by atoms with Crippen LogP contribution in [0.1, 0.15) is 0 Å². The molecule has 0 aliphatic heterocycles. The topological polar surface area (TPSA) is 65.6 Å². The Balaban J connectivity index is 1.89. The number of imidazole rings is 1. The maximum atomic E-state index is 14.7. The lowest BCUT2D eigenvalue weighted by atomic mass is 10.2. The minimum atomic E-state index is -0.470. The van der Waals surface area contributed by atoms with Crippen LogP contribution < -0.4 is 5.56 Å². The first-order valence-electron chi connectivity index (χ1n) is 8.95. The molecule has 0 fully saturated rings. The van der Waals surface area contributed by atoms with Crippen molar-refractivity contribution in [1.29, 1.82) is 0 Å². The van der Waals surface area contributed by atoms with Gasteiger partial charge < -0.3 is 0 Å². The predicted molar refractivity (Wildman–Crippen MR) is 108 cm³/mol. The van der Waals surface area contributed by atoms with Gasteiger partial charge in [-0.25, -0.2) is 14.4 Å². The Kier molecular flexibility index (Phi) is 3.98. The van der Waals surface area contributed by atoms with Crippen molar-refractivity contribution >= 4 is 11.2 Å². The number of aromatic nitrogens is 5. The molecule has 5 aromatic rings. The van der Waals surface area contributed by atoms with Crippen LogP contribution in [0.3, 0.4) is 0 Å². The first-order valence-corrected chi connectivity index (χ1v) is 8.95. The average Bonchev–Trinajstić information content (AvgIpc) is 3.20. The number of hydrogen-bond acceptors (Lipinski definition) is 4.